The molecule has 3 amide bonds. The summed E-state index contributed by atoms with van der Waals surface area (Å²) >= 11 is 1.70. The molecular weight excluding hydrogens is 346 g/mol. The van der Waals surface area contributed by atoms with Crippen LogP contribution in [0.15, 0.2) is 53.4 Å². The average Bonchev–Trinajstić information content (AvgIpc) is 2.59. The second-order valence-corrected chi connectivity index (χ2v) is 7.42. The standard InChI is InChI=1S/C20H25N3O2S/c1-14(2)22-20(25)23-17-6-4-5-16(13-17)19(24)21-11-12-26-18-9-7-15(3)8-10-18/h4-10,13-14H,11-12H2,1-3H3,(H,21,24)(H2,22,23,25). The first-order chi connectivity index (χ1) is 12.4. The minimum absolute atomic E-state index is 0.0486. The Hall–Kier alpha value is -2.47. The third-order valence-electron chi connectivity index (χ3n) is 3.48. The predicted molar refractivity (Wildman–Crippen MR) is 108 cm³/mol. The summed E-state index contributed by atoms with van der Waals surface area (Å²) in [5.41, 5.74) is 2.34. The molecule has 0 unspecified atom stereocenters. The summed E-state index contributed by atoms with van der Waals surface area (Å²) in [6.07, 6.45) is 0. The van der Waals surface area contributed by atoms with Crippen molar-refractivity contribution in [2.75, 3.05) is 17.6 Å². The van der Waals surface area contributed by atoms with Crippen LogP contribution in [0.4, 0.5) is 10.5 Å². The minimum atomic E-state index is -0.285. The number of carbonyl (C=O) groups is 2. The van der Waals surface area contributed by atoms with Gasteiger partial charge in [-0.25, -0.2) is 4.79 Å². The van der Waals surface area contributed by atoms with E-state index >= 15 is 0 Å². The molecule has 0 radical (unpaired) electrons. The molecule has 0 aliphatic rings. The van der Waals surface area contributed by atoms with E-state index < -0.39 is 0 Å². The summed E-state index contributed by atoms with van der Waals surface area (Å²) in [4.78, 5) is 25.2. The number of nitrogens with one attached hydrogen (secondary N) is 3. The van der Waals surface area contributed by atoms with Gasteiger partial charge in [-0.2, -0.15) is 0 Å². The van der Waals surface area contributed by atoms with Gasteiger partial charge >= 0.3 is 6.03 Å². The lowest BCUT2D eigenvalue weighted by atomic mass is 10.2. The highest BCUT2D eigenvalue weighted by molar-refractivity contribution is 7.99. The largest absolute Gasteiger partial charge is 0.351 e. The van der Waals surface area contributed by atoms with E-state index in [1.165, 1.54) is 10.5 Å². The molecular formula is C20H25N3O2S. The van der Waals surface area contributed by atoms with Gasteiger partial charge in [0.05, 0.1) is 0 Å². The van der Waals surface area contributed by atoms with Gasteiger partial charge in [0, 0.05) is 34.5 Å². The van der Waals surface area contributed by atoms with E-state index in [1.807, 2.05) is 13.8 Å². The van der Waals surface area contributed by atoms with Crippen molar-refractivity contribution in [3.8, 4) is 0 Å². The number of aryl methyl sites for hydroxylation is 1. The van der Waals surface area contributed by atoms with Gasteiger partial charge in [0.25, 0.3) is 5.91 Å². The van der Waals surface area contributed by atoms with E-state index in [0.717, 1.165) is 5.75 Å². The number of urea groups is 1. The molecule has 0 saturated heterocycles. The van der Waals surface area contributed by atoms with Gasteiger partial charge < -0.3 is 16.0 Å². The molecule has 3 N–H and O–H groups in total. The molecule has 2 aromatic rings. The number of thioether (sulfide) groups is 1. The van der Waals surface area contributed by atoms with Crippen molar-refractivity contribution >= 4 is 29.4 Å². The highest BCUT2D eigenvalue weighted by Crippen LogP contribution is 2.17. The summed E-state index contributed by atoms with van der Waals surface area (Å²) in [5, 5.41) is 8.38. The van der Waals surface area contributed by atoms with Crippen LogP contribution in [0.2, 0.25) is 0 Å². The summed E-state index contributed by atoms with van der Waals surface area (Å²) < 4.78 is 0. The fourth-order valence-corrected chi connectivity index (χ4v) is 3.01. The quantitative estimate of drug-likeness (QED) is 0.508. The molecule has 0 aliphatic heterocycles. The lowest BCUT2D eigenvalue weighted by Gasteiger charge is -2.11. The van der Waals surface area contributed by atoms with Crippen LogP contribution in [-0.4, -0.2) is 30.3 Å². The van der Waals surface area contributed by atoms with Crippen molar-refractivity contribution in [1.29, 1.82) is 0 Å². The zero-order valence-corrected chi connectivity index (χ0v) is 16.2. The molecule has 138 valence electrons. The van der Waals surface area contributed by atoms with Crippen molar-refractivity contribution in [2.24, 2.45) is 0 Å². The fourth-order valence-electron chi connectivity index (χ4n) is 2.24. The second-order valence-electron chi connectivity index (χ2n) is 6.25. The minimum Gasteiger partial charge on any atom is -0.351 e. The maximum Gasteiger partial charge on any atom is 0.319 e. The lowest BCUT2D eigenvalue weighted by molar-refractivity contribution is 0.0956. The third-order valence-corrected chi connectivity index (χ3v) is 4.49. The normalized spacial score (nSPS) is 10.5. The van der Waals surface area contributed by atoms with E-state index in [9.17, 15) is 9.59 Å². The molecule has 0 atom stereocenters. The van der Waals surface area contributed by atoms with E-state index in [4.69, 9.17) is 0 Å². The zero-order chi connectivity index (χ0) is 18.9. The molecule has 0 bridgehead atoms. The Bertz CT molecular complexity index is 745. The Labute approximate surface area is 159 Å². The van der Waals surface area contributed by atoms with Crippen LogP contribution in [-0.2, 0) is 0 Å². The van der Waals surface area contributed by atoms with E-state index in [2.05, 4.69) is 47.1 Å². The number of rotatable bonds is 7. The fraction of sp³-hybridized carbons (Fsp3) is 0.300. The molecule has 0 heterocycles. The Morgan fingerprint density at radius 3 is 2.50 bits per heavy atom. The summed E-state index contributed by atoms with van der Waals surface area (Å²) in [5.74, 6) is 0.645. The Morgan fingerprint density at radius 2 is 1.81 bits per heavy atom. The van der Waals surface area contributed by atoms with Gasteiger partial charge in [0.15, 0.2) is 0 Å². The smallest absolute Gasteiger partial charge is 0.319 e. The van der Waals surface area contributed by atoms with Crippen LogP contribution < -0.4 is 16.0 Å². The number of carbonyl (C=O) groups excluding carboxylic acids is 2. The Morgan fingerprint density at radius 1 is 1.08 bits per heavy atom. The number of hydrogen-bond acceptors (Lipinski definition) is 3. The highest BCUT2D eigenvalue weighted by atomic mass is 32.2. The molecule has 26 heavy (non-hydrogen) atoms. The molecule has 2 rings (SSSR count). The monoisotopic (exact) mass is 371 g/mol. The SMILES string of the molecule is Cc1ccc(SCCNC(=O)c2cccc(NC(=O)NC(C)C)c2)cc1. The van der Waals surface area contributed by atoms with Gasteiger partial charge in [0.1, 0.15) is 0 Å². The van der Waals surface area contributed by atoms with Gasteiger partial charge in [-0.3, -0.25) is 4.79 Å². The van der Waals surface area contributed by atoms with Gasteiger partial charge in [-0.15, -0.1) is 11.8 Å². The summed E-state index contributed by atoms with van der Waals surface area (Å²) in [6.45, 7) is 6.41. The molecule has 5 nitrogen and oxygen atoms in total. The molecule has 6 heteroatoms. The van der Waals surface area contributed by atoms with E-state index in [-0.39, 0.29) is 18.0 Å². The lowest BCUT2D eigenvalue weighted by Crippen LogP contribution is -2.34. The number of benzene rings is 2. The van der Waals surface area contributed by atoms with Crippen LogP contribution in [0.3, 0.4) is 0 Å². The maximum atomic E-state index is 12.3. The first kappa shape index (κ1) is 19.8. The molecule has 0 spiro atoms. The molecule has 2 aromatic carbocycles. The van der Waals surface area contributed by atoms with Crippen LogP contribution in [0.25, 0.3) is 0 Å². The molecule has 0 aromatic heterocycles. The second kappa shape index (κ2) is 9.87. The Balaban J connectivity index is 1.80. The van der Waals surface area contributed by atoms with Crippen molar-refractivity contribution in [3.05, 3.63) is 59.7 Å². The van der Waals surface area contributed by atoms with Crippen LogP contribution in [0.1, 0.15) is 29.8 Å². The van der Waals surface area contributed by atoms with E-state index in [0.29, 0.717) is 17.8 Å². The van der Waals surface area contributed by atoms with E-state index in [1.54, 1.807) is 36.0 Å². The number of anilines is 1. The number of amides is 3. The van der Waals surface area contributed by atoms with Crippen LogP contribution >= 0.6 is 11.8 Å². The van der Waals surface area contributed by atoms with Crippen molar-refractivity contribution in [3.63, 3.8) is 0 Å². The predicted octanol–water partition coefficient (Wildman–Crippen LogP) is 4.05. The number of hydrogen-bond donors (Lipinski definition) is 3. The molecule has 0 aliphatic carbocycles. The summed E-state index contributed by atoms with van der Waals surface area (Å²) in [7, 11) is 0. The maximum absolute atomic E-state index is 12.3. The third kappa shape index (κ3) is 6.80. The van der Waals surface area contributed by atoms with Crippen molar-refractivity contribution in [2.45, 2.75) is 31.7 Å². The first-order valence-corrected chi connectivity index (χ1v) is 9.58. The van der Waals surface area contributed by atoms with Gasteiger partial charge in [-0.1, -0.05) is 23.8 Å². The topological polar surface area (TPSA) is 70.2 Å². The van der Waals surface area contributed by atoms with Gasteiger partial charge in [0.2, 0.25) is 0 Å². The van der Waals surface area contributed by atoms with Crippen LogP contribution in [0, 0.1) is 6.92 Å². The average molecular weight is 372 g/mol. The highest BCUT2D eigenvalue weighted by Gasteiger charge is 2.08. The van der Waals surface area contributed by atoms with Crippen molar-refractivity contribution in [1.82, 2.24) is 10.6 Å². The zero-order valence-electron chi connectivity index (χ0n) is 15.3. The first-order valence-electron chi connectivity index (χ1n) is 8.59. The summed E-state index contributed by atoms with van der Waals surface area (Å²) in [6, 6.07) is 15.0. The Kier molecular flexibility index (Phi) is 7.53. The van der Waals surface area contributed by atoms with Crippen LogP contribution in [0.5, 0.6) is 0 Å². The van der Waals surface area contributed by atoms with Crippen molar-refractivity contribution < 1.29 is 9.59 Å². The molecule has 0 saturated carbocycles. The van der Waals surface area contributed by atoms with Gasteiger partial charge in [-0.05, 0) is 51.1 Å². The molecule has 0 fully saturated rings.